The van der Waals surface area contributed by atoms with Gasteiger partial charge in [-0.25, -0.2) is 9.37 Å². The molecule has 2 bridgehead atoms. The van der Waals surface area contributed by atoms with E-state index in [1.807, 2.05) is 0 Å². The average Bonchev–Trinajstić information content (AvgIpc) is 3.37. The third-order valence-corrected chi connectivity index (χ3v) is 5.88. The highest BCUT2D eigenvalue weighted by molar-refractivity contribution is 5.68. The fourth-order valence-corrected chi connectivity index (χ4v) is 4.30. The first kappa shape index (κ1) is 18.7. The molecule has 0 spiro atoms. The minimum Gasteiger partial charge on any atom is -0.507 e. The van der Waals surface area contributed by atoms with E-state index in [1.165, 1.54) is 17.1 Å². The third kappa shape index (κ3) is 3.22. The highest BCUT2D eigenvalue weighted by Gasteiger charge is 2.43. The first-order valence-electron chi connectivity index (χ1n) is 9.89. The number of alkyl halides is 1. The Labute approximate surface area is 172 Å². The molecule has 30 heavy (non-hydrogen) atoms. The van der Waals surface area contributed by atoms with Crippen molar-refractivity contribution in [3.8, 4) is 22.7 Å². The topological polar surface area (TPSA) is 115 Å². The summed E-state index contributed by atoms with van der Waals surface area (Å²) in [5.41, 5.74) is 2.01. The fourth-order valence-electron chi connectivity index (χ4n) is 4.30. The minimum atomic E-state index is -0.995. The van der Waals surface area contributed by atoms with E-state index in [2.05, 4.69) is 42.5 Å². The lowest BCUT2D eigenvalue weighted by atomic mass is 9.84. The van der Waals surface area contributed by atoms with Crippen LogP contribution in [0.3, 0.4) is 0 Å². The quantitative estimate of drug-likeness (QED) is 0.674. The number of piperidine rings is 1. The number of aryl methyl sites for hydroxylation is 1. The Kier molecular flexibility index (Phi) is 4.50. The molecule has 2 unspecified atom stereocenters. The van der Waals surface area contributed by atoms with Crippen LogP contribution in [0.4, 0.5) is 4.39 Å². The molecule has 2 saturated heterocycles. The van der Waals surface area contributed by atoms with Crippen molar-refractivity contribution in [3.63, 3.8) is 0 Å². The van der Waals surface area contributed by atoms with E-state index in [0.29, 0.717) is 46.6 Å². The van der Waals surface area contributed by atoms with Gasteiger partial charge >= 0.3 is 0 Å². The molecule has 154 valence electrons. The van der Waals surface area contributed by atoms with E-state index < -0.39 is 6.17 Å². The van der Waals surface area contributed by atoms with Crippen molar-refractivity contribution in [3.05, 3.63) is 42.6 Å². The molecule has 2 N–H and O–H groups in total. The second-order valence-corrected chi connectivity index (χ2v) is 7.85. The maximum atomic E-state index is 14.8. The highest BCUT2D eigenvalue weighted by atomic mass is 19.1. The molecule has 0 radical (unpaired) electrons. The summed E-state index contributed by atoms with van der Waals surface area (Å²) in [6.45, 7) is 5.79. The Morgan fingerprint density at radius 2 is 2.13 bits per heavy atom. The van der Waals surface area contributed by atoms with Crippen LogP contribution in [0.1, 0.15) is 30.9 Å². The van der Waals surface area contributed by atoms with Gasteiger partial charge in [-0.3, -0.25) is 0 Å². The van der Waals surface area contributed by atoms with Crippen molar-refractivity contribution in [2.24, 2.45) is 5.92 Å². The number of benzene rings is 1. The smallest absolute Gasteiger partial charge is 0.177 e. The number of nitrogens with one attached hydrogen (secondary N) is 1. The van der Waals surface area contributed by atoms with Crippen LogP contribution in [0.2, 0.25) is 0 Å². The maximum Gasteiger partial charge on any atom is 0.177 e. The van der Waals surface area contributed by atoms with E-state index in [0.717, 1.165) is 12.8 Å². The van der Waals surface area contributed by atoms with Gasteiger partial charge in [0.25, 0.3) is 0 Å². The molecule has 2 aromatic heterocycles. The molecular formula is C20H21FN8O. The summed E-state index contributed by atoms with van der Waals surface area (Å²) >= 11 is 0. The van der Waals surface area contributed by atoms with Crippen LogP contribution in [0, 0.1) is 12.8 Å². The molecule has 5 rings (SSSR count). The average molecular weight is 408 g/mol. The predicted molar refractivity (Wildman–Crippen MR) is 106 cm³/mol. The zero-order chi connectivity index (χ0) is 20.8. The van der Waals surface area contributed by atoms with Crippen LogP contribution < -0.4 is 5.32 Å². The van der Waals surface area contributed by atoms with E-state index in [1.54, 1.807) is 19.1 Å². The molecule has 2 aliphatic rings. The van der Waals surface area contributed by atoms with Crippen molar-refractivity contribution in [1.82, 2.24) is 40.7 Å². The summed E-state index contributed by atoms with van der Waals surface area (Å²) in [6.07, 6.45) is 3.06. The highest BCUT2D eigenvalue weighted by Crippen LogP contribution is 2.39. The van der Waals surface area contributed by atoms with Gasteiger partial charge in [-0.2, -0.15) is 0 Å². The number of fused-ring (bicyclic) bond motifs is 2. The van der Waals surface area contributed by atoms with E-state index >= 15 is 0 Å². The molecule has 9 nitrogen and oxygen atoms in total. The summed E-state index contributed by atoms with van der Waals surface area (Å²) in [7, 11) is 0. The molecule has 4 heterocycles. The van der Waals surface area contributed by atoms with Crippen molar-refractivity contribution in [2.45, 2.75) is 44.4 Å². The van der Waals surface area contributed by atoms with Gasteiger partial charge in [0.05, 0.1) is 11.9 Å². The molecule has 0 aliphatic carbocycles. The Bertz CT molecular complexity index is 1100. The van der Waals surface area contributed by atoms with Gasteiger partial charge in [-0.1, -0.05) is 6.58 Å². The van der Waals surface area contributed by atoms with Gasteiger partial charge in [-0.15, -0.1) is 25.2 Å². The van der Waals surface area contributed by atoms with Crippen LogP contribution in [0.25, 0.3) is 22.5 Å². The summed E-state index contributed by atoms with van der Waals surface area (Å²) in [5, 5.41) is 33.9. The second kappa shape index (κ2) is 7.21. The van der Waals surface area contributed by atoms with Gasteiger partial charge < -0.3 is 10.4 Å². The SMILES string of the molecule is C=C(c1ncc(-c2ccc(-n3nnc(C)n3)cc2O)nn1)[C@@H]1CC2CCC(N2)[C@H]1F. The zero-order valence-electron chi connectivity index (χ0n) is 16.4. The number of tetrazole rings is 1. The number of aromatic nitrogens is 7. The van der Waals surface area contributed by atoms with Crippen LogP contribution in [-0.2, 0) is 0 Å². The first-order chi connectivity index (χ1) is 14.5. The summed E-state index contributed by atoms with van der Waals surface area (Å²) in [6, 6.07) is 5.16. The van der Waals surface area contributed by atoms with Crippen LogP contribution in [0.15, 0.2) is 31.0 Å². The standard InChI is InChI=1S/C20H21FN8O/c1-10(15-7-12-3-6-16(23-12)19(15)21)20-22-9-17(25-26-20)14-5-4-13(8-18(14)30)29-27-11(2)24-28-29/h4-5,8-9,12,15-16,19,23,30H,1,3,6-7H2,2H3/t12?,15-,16?,19-/m0/s1. The molecule has 3 aromatic rings. The Morgan fingerprint density at radius 3 is 2.83 bits per heavy atom. The van der Waals surface area contributed by atoms with Crippen LogP contribution >= 0.6 is 0 Å². The van der Waals surface area contributed by atoms with Crippen molar-refractivity contribution < 1.29 is 9.50 Å². The van der Waals surface area contributed by atoms with Crippen LogP contribution in [-0.4, -0.2) is 58.8 Å². The lowest BCUT2D eigenvalue weighted by Crippen LogP contribution is -2.47. The number of halogens is 1. The number of rotatable bonds is 4. The molecule has 4 atom stereocenters. The van der Waals surface area contributed by atoms with Crippen molar-refractivity contribution in [1.29, 1.82) is 0 Å². The third-order valence-electron chi connectivity index (χ3n) is 5.88. The molecule has 0 saturated carbocycles. The van der Waals surface area contributed by atoms with E-state index in [-0.39, 0.29) is 17.7 Å². The minimum absolute atomic E-state index is 0.0103. The molecule has 1 aromatic carbocycles. The Hall–Kier alpha value is -3.27. The Morgan fingerprint density at radius 1 is 1.27 bits per heavy atom. The lowest BCUT2D eigenvalue weighted by molar-refractivity contribution is 0.167. The van der Waals surface area contributed by atoms with Crippen molar-refractivity contribution in [2.75, 3.05) is 0 Å². The van der Waals surface area contributed by atoms with E-state index in [9.17, 15) is 9.50 Å². The largest absolute Gasteiger partial charge is 0.507 e. The number of hydrogen-bond acceptors (Lipinski definition) is 8. The number of phenolic OH excluding ortho intramolecular Hbond substituents is 1. The van der Waals surface area contributed by atoms with Gasteiger partial charge in [0, 0.05) is 29.6 Å². The van der Waals surface area contributed by atoms with Crippen LogP contribution in [0.5, 0.6) is 5.75 Å². The number of hydrogen-bond donors (Lipinski definition) is 2. The van der Waals surface area contributed by atoms with Crippen molar-refractivity contribution >= 4 is 5.57 Å². The number of nitrogens with zero attached hydrogens (tertiary/aromatic N) is 7. The lowest BCUT2D eigenvalue weighted by Gasteiger charge is -2.33. The van der Waals surface area contributed by atoms with E-state index in [4.69, 9.17) is 0 Å². The maximum absolute atomic E-state index is 14.8. The van der Waals surface area contributed by atoms with Gasteiger partial charge in [0.2, 0.25) is 0 Å². The molecule has 2 aliphatic heterocycles. The zero-order valence-corrected chi connectivity index (χ0v) is 16.4. The summed E-state index contributed by atoms with van der Waals surface area (Å²) < 4.78 is 14.8. The second-order valence-electron chi connectivity index (χ2n) is 7.85. The first-order valence-corrected chi connectivity index (χ1v) is 9.89. The van der Waals surface area contributed by atoms with Gasteiger partial charge in [0.1, 0.15) is 17.6 Å². The molecule has 10 heteroatoms. The monoisotopic (exact) mass is 408 g/mol. The normalized spacial score (nSPS) is 25.4. The number of phenols is 1. The van der Waals surface area contributed by atoms with Gasteiger partial charge in [-0.05, 0) is 49.1 Å². The molecule has 2 fully saturated rings. The van der Waals surface area contributed by atoms with Gasteiger partial charge in [0.15, 0.2) is 11.6 Å². The summed E-state index contributed by atoms with van der Waals surface area (Å²) in [4.78, 5) is 5.68. The molecule has 0 amide bonds. The molecular weight excluding hydrogens is 387 g/mol. The number of aromatic hydroxyl groups is 1. The Balaban J connectivity index is 1.36. The number of allylic oxidation sites excluding steroid dienone is 1. The predicted octanol–water partition coefficient (Wildman–Crippen LogP) is 2.02. The summed E-state index contributed by atoms with van der Waals surface area (Å²) in [5.74, 6) is 0.555. The fraction of sp³-hybridized carbons (Fsp3) is 0.400.